The molecule has 0 N–H and O–H groups in total. The Hall–Kier alpha value is -7.17. The zero-order valence-electron chi connectivity index (χ0n) is 28.6. The van der Waals surface area contributed by atoms with Crippen molar-refractivity contribution in [2.24, 2.45) is 0 Å². The van der Waals surface area contributed by atoms with Crippen molar-refractivity contribution in [3.8, 4) is 45.0 Å². The second kappa shape index (κ2) is 11.7. The van der Waals surface area contributed by atoms with Gasteiger partial charge in [-0.1, -0.05) is 115 Å². The van der Waals surface area contributed by atoms with E-state index in [0.717, 1.165) is 72.4 Å². The quantitative estimate of drug-likeness (QED) is 0.182. The predicted octanol–water partition coefficient (Wildman–Crippen LogP) is 13.0. The van der Waals surface area contributed by atoms with Crippen molar-refractivity contribution in [3.63, 3.8) is 0 Å². The van der Waals surface area contributed by atoms with Crippen molar-refractivity contribution in [2.45, 2.75) is 0 Å². The lowest BCUT2D eigenvalue weighted by molar-refractivity contribution is 0.669. The van der Waals surface area contributed by atoms with Crippen LogP contribution in [0.15, 0.2) is 192 Å². The molecule has 11 rings (SSSR count). The van der Waals surface area contributed by atoms with Crippen LogP contribution in [0.2, 0.25) is 0 Å². The first-order valence-corrected chi connectivity index (χ1v) is 18.0. The SMILES string of the molecule is c1ccc(-n2c(-c3ccc(-c4cccc5oc6ccc(-c7ccc8c(c7)c7ccccc7n8-c7ccccc7)cc6c45)cc3)nc3ccccc32)cc1. The van der Waals surface area contributed by atoms with Crippen LogP contribution >= 0.6 is 0 Å². The molecule has 4 nitrogen and oxygen atoms in total. The molecule has 8 aromatic carbocycles. The molecule has 0 radical (unpaired) electrons. The number of para-hydroxylation sites is 5. The van der Waals surface area contributed by atoms with E-state index in [-0.39, 0.29) is 0 Å². The number of hydrogen-bond acceptors (Lipinski definition) is 2. The molecule has 248 valence electrons. The lowest BCUT2D eigenvalue weighted by Gasteiger charge is -2.10. The standard InChI is InChI=1S/C49H31N3O/c1-3-12-36(13-4-1)51-43-19-9-7-16-39(43)40-30-34(26-28-44(40)51)35-27-29-46-41(31-35)48-38(17-11-21-47(48)53-46)32-22-24-33(25-23-32)49-50-42-18-8-10-20-45(42)52(49)37-14-5-2-6-15-37/h1-31H. The van der Waals surface area contributed by atoms with E-state index in [9.17, 15) is 0 Å². The second-order valence-electron chi connectivity index (χ2n) is 13.6. The van der Waals surface area contributed by atoms with Crippen LogP contribution in [0.3, 0.4) is 0 Å². The van der Waals surface area contributed by atoms with Gasteiger partial charge in [0.15, 0.2) is 0 Å². The molecule has 3 aromatic heterocycles. The molecular weight excluding hydrogens is 647 g/mol. The Morgan fingerprint density at radius 1 is 0.377 bits per heavy atom. The third kappa shape index (κ3) is 4.66. The van der Waals surface area contributed by atoms with Crippen molar-refractivity contribution in [3.05, 3.63) is 188 Å². The lowest BCUT2D eigenvalue weighted by atomic mass is 9.96. The molecule has 0 aliphatic heterocycles. The van der Waals surface area contributed by atoms with E-state index in [0.29, 0.717) is 0 Å². The van der Waals surface area contributed by atoms with Crippen LogP contribution in [0.25, 0.3) is 99.8 Å². The summed E-state index contributed by atoms with van der Waals surface area (Å²) in [5.74, 6) is 0.921. The maximum Gasteiger partial charge on any atom is 0.145 e. The summed E-state index contributed by atoms with van der Waals surface area (Å²) in [6.45, 7) is 0. The topological polar surface area (TPSA) is 35.9 Å². The van der Waals surface area contributed by atoms with Gasteiger partial charge in [-0.3, -0.25) is 4.57 Å². The first-order chi connectivity index (χ1) is 26.3. The molecule has 0 fully saturated rings. The first kappa shape index (κ1) is 29.5. The van der Waals surface area contributed by atoms with Gasteiger partial charge in [0.05, 0.1) is 22.1 Å². The molecular formula is C49H31N3O. The number of aromatic nitrogens is 3. The molecule has 0 bridgehead atoms. The molecule has 53 heavy (non-hydrogen) atoms. The van der Waals surface area contributed by atoms with Crippen LogP contribution in [0.1, 0.15) is 0 Å². The molecule has 0 saturated heterocycles. The molecule has 4 heteroatoms. The van der Waals surface area contributed by atoms with Crippen molar-refractivity contribution in [1.82, 2.24) is 14.1 Å². The average Bonchev–Trinajstić information content (AvgIpc) is 3.91. The summed E-state index contributed by atoms with van der Waals surface area (Å²) in [6, 6.07) is 66.6. The highest BCUT2D eigenvalue weighted by Crippen LogP contribution is 2.41. The van der Waals surface area contributed by atoms with E-state index in [1.807, 2.05) is 12.1 Å². The van der Waals surface area contributed by atoms with Gasteiger partial charge >= 0.3 is 0 Å². The molecule has 0 spiro atoms. The summed E-state index contributed by atoms with van der Waals surface area (Å²) in [6.07, 6.45) is 0. The van der Waals surface area contributed by atoms with Gasteiger partial charge in [-0.25, -0.2) is 4.98 Å². The second-order valence-corrected chi connectivity index (χ2v) is 13.6. The van der Waals surface area contributed by atoms with Crippen molar-refractivity contribution >= 4 is 54.8 Å². The summed E-state index contributed by atoms with van der Waals surface area (Å²) >= 11 is 0. The molecule has 0 aliphatic rings. The molecule has 0 atom stereocenters. The fourth-order valence-corrected chi connectivity index (χ4v) is 8.11. The Bertz CT molecular complexity index is 3150. The Morgan fingerprint density at radius 3 is 1.77 bits per heavy atom. The van der Waals surface area contributed by atoms with E-state index in [1.165, 1.54) is 27.4 Å². The van der Waals surface area contributed by atoms with Gasteiger partial charge in [-0.05, 0) is 95.1 Å². The first-order valence-electron chi connectivity index (χ1n) is 18.0. The van der Waals surface area contributed by atoms with Gasteiger partial charge in [0, 0.05) is 38.5 Å². The maximum atomic E-state index is 6.46. The van der Waals surface area contributed by atoms with Crippen LogP contribution < -0.4 is 0 Å². The zero-order valence-corrected chi connectivity index (χ0v) is 28.6. The Morgan fingerprint density at radius 2 is 0.981 bits per heavy atom. The number of rotatable bonds is 5. The van der Waals surface area contributed by atoms with Crippen LogP contribution in [0.4, 0.5) is 0 Å². The minimum Gasteiger partial charge on any atom is -0.456 e. The highest BCUT2D eigenvalue weighted by Gasteiger charge is 2.18. The number of hydrogen-bond donors (Lipinski definition) is 0. The summed E-state index contributed by atoms with van der Waals surface area (Å²) in [5.41, 5.74) is 14.1. The third-order valence-electron chi connectivity index (χ3n) is 10.5. The number of furan rings is 1. The molecule has 0 unspecified atom stereocenters. The fraction of sp³-hybridized carbons (Fsp3) is 0. The monoisotopic (exact) mass is 677 g/mol. The van der Waals surface area contributed by atoms with Crippen LogP contribution in [0, 0.1) is 0 Å². The number of nitrogens with zero attached hydrogens (tertiary/aromatic N) is 3. The van der Waals surface area contributed by atoms with Gasteiger partial charge in [-0.2, -0.15) is 0 Å². The average molecular weight is 678 g/mol. The van der Waals surface area contributed by atoms with Gasteiger partial charge in [0.1, 0.15) is 17.0 Å². The van der Waals surface area contributed by atoms with Crippen molar-refractivity contribution in [2.75, 3.05) is 0 Å². The number of fused-ring (bicyclic) bond motifs is 7. The summed E-state index contributed by atoms with van der Waals surface area (Å²) in [4.78, 5) is 5.08. The minimum absolute atomic E-state index is 0.881. The van der Waals surface area contributed by atoms with Crippen LogP contribution in [-0.2, 0) is 0 Å². The highest BCUT2D eigenvalue weighted by molar-refractivity contribution is 6.14. The summed E-state index contributed by atoms with van der Waals surface area (Å²) in [7, 11) is 0. The lowest BCUT2D eigenvalue weighted by Crippen LogP contribution is -1.97. The Balaban J connectivity index is 1.03. The van der Waals surface area contributed by atoms with E-state index in [2.05, 4.69) is 185 Å². The van der Waals surface area contributed by atoms with Gasteiger partial charge in [0.2, 0.25) is 0 Å². The molecule has 0 saturated carbocycles. The fourth-order valence-electron chi connectivity index (χ4n) is 8.11. The molecule has 11 aromatic rings. The van der Waals surface area contributed by atoms with Crippen molar-refractivity contribution < 1.29 is 4.42 Å². The normalized spacial score (nSPS) is 11.8. The highest BCUT2D eigenvalue weighted by atomic mass is 16.3. The summed E-state index contributed by atoms with van der Waals surface area (Å²) < 4.78 is 11.1. The maximum absolute atomic E-state index is 6.46. The van der Waals surface area contributed by atoms with Gasteiger partial charge < -0.3 is 8.98 Å². The Kier molecular flexibility index (Phi) is 6.52. The third-order valence-corrected chi connectivity index (χ3v) is 10.5. The molecule has 3 heterocycles. The van der Waals surface area contributed by atoms with Crippen molar-refractivity contribution in [1.29, 1.82) is 0 Å². The number of imidazole rings is 1. The van der Waals surface area contributed by atoms with Crippen LogP contribution in [-0.4, -0.2) is 14.1 Å². The minimum atomic E-state index is 0.881. The van der Waals surface area contributed by atoms with E-state index >= 15 is 0 Å². The molecule has 0 amide bonds. The van der Waals surface area contributed by atoms with Crippen LogP contribution in [0.5, 0.6) is 0 Å². The van der Waals surface area contributed by atoms with Gasteiger partial charge in [0.25, 0.3) is 0 Å². The Labute approximate surface area is 305 Å². The van der Waals surface area contributed by atoms with E-state index < -0.39 is 0 Å². The number of benzene rings is 8. The smallest absolute Gasteiger partial charge is 0.145 e. The zero-order chi connectivity index (χ0) is 34.9. The summed E-state index contributed by atoms with van der Waals surface area (Å²) in [5, 5.41) is 4.71. The largest absolute Gasteiger partial charge is 0.456 e. The van der Waals surface area contributed by atoms with E-state index in [1.54, 1.807) is 0 Å². The predicted molar refractivity (Wildman–Crippen MR) is 219 cm³/mol. The molecule has 0 aliphatic carbocycles. The van der Waals surface area contributed by atoms with Gasteiger partial charge in [-0.15, -0.1) is 0 Å². The van der Waals surface area contributed by atoms with E-state index in [4.69, 9.17) is 9.40 Å².